The van der Waals surface area contributed by atoms with Crippen LogP contribution in [0.25, 0.3) is 0 Å². The second kappa shape index (κ2) is 15.8. The van der Waals surface area contributed by atoms with Crippen molar-refractivity contribution in [1.29, 1.82) is 0 Å². The molecule has 12 rings (SSSR count). The largest absolute Gasteiger partial charge is 0.0840 e. The molecule has 0 nitrogen and oxygen atoms in total. The predicted molar refractivity (Wildman–Crippen MR) is 255 cm³/mol. The highest BCUT2D eigenvalue weighted by molar-refractivity contribution is 5.69. The zero-order valence-corrected chi connectivity index (χ0v) is 36.3. The number of rotatable bonds is 5. The molecule has 0 fully saturated rings. The molecule has 7 atom stereocenters. The fourth-order valence-electron chi connectivity index (χ4n) is 13.9. The maximum atomic E-state index is 2.77. The normalized spacial score (nSPS) is 32.6. The first-order valence-electron chi connectivity index (χ1n) is 24.5. The molecular formula is C61H62. The summed E-state index contributed by atoms with van der Waals surface area (Å²) in [6.07, 6.45) is 60.9. The van der Waals surface area contributed by atoms with Gasteiger partial charge in [0.25, 0.3) is 0 Å². The van der Waals surface area contributed by atoms with Crippen LogP contribution in [0.1, 0.15) is 115 Å². The topological polar surface area (TPSA) is 0 Å². The van der Waals surface area contributed by atoms with Crippen LogP contribution in [0.4, 0.5) is 0 Å². The zero-order chi connectivity index (χ0) is 40.4. The zero-order valence-electron chi connectivity index (χ0n) is 36.3. The highest BCUT2D eigenvalue weighted by Gasteiger charge is 2.44. The Labute approximate surface area is 365 Å². The minimum absolute atomic E-state index is 0.364. The third-order valence-electron chi connectivity index (χ3n) is 16.7. The Hall–Kier alpha value is -4.94. The molecule has 0 aliphatic heterocycles. The smallest absolute Gasteiger partial charge is 0.0134 e. The molecule has 0 radical (unpaired) electrons. The first-order valence-corrected chi connectivity index (χ1v) is 24.5. The van der Waals surface area contributed by atoms with Gasteiger partial charge in [0.1, 0.15) is 0 Å². The van der Waals surface area contributed by atoms with Gasteiger partial charge < -0.3 is 0 Å². The Morgan fingerprint density at radius 1 is 0.557 bits per heavy atom. The van der Waals surface area contributed by atoms with Gasteiger partial charge in [-0.3, -0.25) is 0 Å². The number of fused-ring (bicyclic) bond motifs is 6. The van der Waals surface area contributed by atoms with E-state index in [1.54, 1.807) is 61.3 Å². The molecule has 0 amide bonds. The predicted octanol–water partition coefficient (Wildman–Crippen LogP) is 15.9. The van der Waals surface area contributed by atoms with E-state index in [4.69, 9.17) is 0 Å². The van der Waals surface area contributed by atoms with Crippen molar-refractivity contribution in [1.82, 2.24) is 0 Å². The van der Waals surface area contributed by atoms with Gasteiger partial charge in [-0.1, -0.05) is 141 Å². The third kappa shape index (κ3) is 6.53. The molecular weight excluding hydrogens is 733 g/mol. The number of hydrogen-bond acceptors (Lipinski definition) is 0. The molecule has 61 heavy (non-hydrogen) atoms. The molecule has 11 aliphatic rings. The van der Waals surface area contributed by atoms with Crippen molar-refractivity contribution in [2.45, 2.75) is 109 Å². The average Bonchev–Trinajstić information content (AvgIpc) is 3.33. The summed E-state index contributed by atoms with van der Waals surface area (Å²) in [5.74, 6) is 3.72. The van der Waals surface area contributed by atoms with Crippen LogP contribution >= 0.6 is 0 Å². The van der Waals surface area contributed by atoms with Crippen molar-refractivity contribution < 1.29 is 0 Å². The second-order valence-electron chi connectivity index (χ2n) is 20.0. The summed E-state index contributed by atoms with van der Waals surface area (Å²) in [6.45, 7) is 2.57. The molecule has 0 saturated heterocycles. The third-order valence-corrected chi connectivity index (χ3v) is 16.7. The maximum Gasteiger partial charge on any atom is 0.0134 e. The average molecular weight is 795 g/mol. The SMILES string of the molecule is CC1CC2=C(C=C1C1=CC3=C(CC1)C(C1=CCCC=C1)=CC1C4=C(CCC=C4)C(C4=CCCC=C4)=CC31)C(c1ccccc1)CC1=C2CC(C2C=CC=CC2)C2CCCC=C12. The number of hydrogen-bond donors (Lipinski definition) is 0. The lowest BCUT2D eigenvalue weighted by molar-refractivity contribution is 0.256. The van der Waals surface area contributed by atoms with E-state index in [1.165, 1.54) is 60.0 Å². The molecule has 0 aromatic heterocycles. The van der Waals surface area contributed by atoms with Crippen molar-refractivity contribution in [3.63, 3.8) is 0 Å². The maximum absolute atomic E-state index is 2.77. The molecule has 0 bridgehead atoms. The fourth-order valence-corrected chi connectivity index (χ4v) is 13.9. The fraction of sp³-hybridized carbons (Fsp3) is 0.377. The van der Waals surface area contributed by atoms with Gasteiger partial charge in [-0.25, -0.2) is 0 Å². The lowest BCUT2D eigenvalue weighted by Gasteiger charge is -2.47. The van der Waals surface area contributed by atoms with Crippen molar-refractivity contribution >= 4 is 0 Å². The number of allylic oxidation sites excluding steroid dienone is 32. The van der Waals surface area contributed by atoms with Crippen molar-refractivity contribution in [3.05, 3.63) is 223 Å². The van der Waals surface area contributed by atoms with E-state index in [1.807, 2.05) is 0 Å². The van der Waals surface area contributed by atoms with Gasteiger partial charge in [-0.2, -0.15) is 0 Å². The van der Waals surface area contributed by atoms with Crippen LogP contribution in [0.3, 0.4) is 0 Å². The van der Waals surface area contributed by atoms with E-state index in [2.05, 4.69) is 141 Å². The molecule has 306 valence electrons. The van der Waals surface area contributed by atoms with Crippen molar-refractivity contribution in [3.8, 4) is 0 Å². The van der Waals surface area contributed by atoms with Crippen LogP contribution in [0.15, 0.2) is 217 Å². The van der Waals surface area contributed by atoms with Crippen LogP contribution < -0.4 is 0 Å². The molecule has 1 aromatic carbocycles. The lowest BCUT2D eigenvalue weighted by Crippen LogP contribution is -2.34. The Bertz CT molecular complexity index is 2570. The van der Waals surface area contributed by atoms with Gasteiger partial charge in [0.2, 0.25) is 0 Å². The molecule has 0 N–H and O–H groups in total. The highest BCUT2D eigenvalue weighted by atomic mass is 14.5. The summed E-state index contributed by atoms with van der Waals surface area (Å²) in [4.78, 5) is 0. The van der Waals surface area contributed by atoms with Crippen LogP contribution in [-0.2, 0) is 0 Å². The van der Waals surface area contributed by atoms with Crippen molar-refractivity contribution in [2.24, 2.45) is 35.5 Å². The second-order valence-corrected chi connectivity index (χ2v) is 20.0. The lowest BCUT2D eigenvalue weighted by atomic mass is 9.57. The minimum Gasteiger partial charge on any atom is -0.0840 e. The van der Waals surface area contributed by atoms with Gasteiger partial charge in [0.15, 0.2) is 0 Å². The summed E-state index contributed by atoms with van der Waals surface area (Å²) in [5, 5.41) is 0. The summed E-state index contributed by atoms with van der Waals surface area (Å²) in [7, 11) is 0. The van der Waals surface area contributed by atoms with Gasteiger partial charge in [-0.15, -0.1) is 0 Å². The summed E-state index contributed by atoms with van der Waals surface area (Å²) >= 11 is 0. The van der Waals surface area contributed by atoms with E-state index in [0.29, 0.717) is 41.4 Å². The molecule has 11 aliphatic carbocycles. The van der Waals surface area contributed by atoms with E-state index < -0.39 is 0 Å². The summed E-state index contributed by atoms with van der Waals surface area (Å²) < 4.78 is 0. The summed E-state index contributed by atoms with van der Waals surface area (Å²) in [6, 6.07) is 11.6. The quantitative estimate of drug-likeness (QED) is 0.279. The molecule has 0 spiro atoms. The molecule has 0 heteroatoms. The van der Waals surface area contributed by atoms with Crippen LogP contribution in [0, 0.1) is 35.5 Å². The first-order chi connectivity index (χ1) is 30.2. The number of benzene rings is 1. The Morgan fingerprint density at radius 3 is 2.08 bits per heavy atom. The van der Waals surface area contributed by atoms with Crippen LogP contribution in [-0.4, -0.2) is 0 Å². The minimum atomic E-state index is 0.364. The molecule has 1 aromatic rings. The van der Waals surface area contributed by atoms with Crippen LogP contribution in [0.5, 0.6) is 0 Å². The van der Waals surface area contributed by atoms with E-state index in [9.17, 15) is 0 Å². The van der Waals surface area contributed by atoms with E-state index in [0.717, 1.165) is 64.2 Å². The van der Waals surface area contributed by atoms with Gasteiger partial charge in [-0.05, 0) is 209 Å². The summed E-state index contributed by atoms with van der Waals surface area (Å²) in [5.41, 5.74) is 25.7. The van der Waals surface area contributed by atoms with Gasteiger partial charge >= 0.3 is 0 Å². The molecule has 0 heterocycles. The van der Waals surface area contributed by atoms with E-state index in [-0.39, 0.29) is 0 Å². The standard InChI is InChI=1S/C61H62/c1-39-32-55-59(54(43-24-12-5-13-25-43)38-58-48-29-17-15-27-46(48)51(36-60(55)58)40-18-6-2-7-19-40)34-50(39)44-30-31-49-53(42-22-10-4-11-23-42)35-57-47-28-16-14-26-45(47)52(37-61(57)56(49)33-44)41-20-8-3-9-21-41/h2,5-8,10,12-13,16,18,20-25,28-29,33-35,37,39-40,46,51,54,57,61H,3-4,9,11,14-15,17,19,26-27,30-32,36,38H2,1H3. The van der Waals surface area contributed by atoms with Crippen LogP contribution in [0.2, 0.25) is 0 Å². The Balaban J connectivity index is 0.995. The monoisotopic (exact) mass is 794 g/mol. The Kier molecular flexibility index (Phi) is 9.76. The Morgan fingerprint density at radius 2 is 1.33 bits per heavy atom. The van der Waals surface area contributed by atoms with E-state index >= 15 is 0 Å². The van der Waals surface area contributed by atoms with Gasteiger partial charge in [0.05, 0.1) is 0 Å². The molecule has 7 unspecified atom stereocenters. The molecule has 0 saturated carbocycles. The van der Waals surface area contributed by atoms with Crippen molar-refractivity contribution in [2.75, 3.05) is 0 Å². The van der Waals surface area contributed by atoms with Gasteiger partial charge in [0, 0.05) is 17.8 Å². The first kappa shape index (κ1) is 37.8. The highest BCUT2D eigenvalue weighted by Crippen LogP contribution is 2.59.